The molecule has 0 bridgehead atoms. The Kier molecular flexibility index (Phi) is 4.62. The number of nitrogen functional groups attached to an aromatic ring is 1. The van der Waals surface area contributed by atoms with Crippen LogP contribution in [0.5, 0.6) is 0 Å². The van der Waals surface area contributed by atoms with Gasteiger partial charge in [-0.05, 0) is 30.2 Å². The average molecular weight is 270 g/mol. The molecule has 0 unspecified atom stereocenters. The number of halogens is 1. The third-order valence-electron chi connectivity index (χ3n) is 2.62. The van der Waals surface area contributed by atoms with E-state index >= 15 is 0 Å². The Labute approximate surface area is 112 Å². The molecule has 98 valence electrons. The maximum Gasteiger partial charge on any atom is 0.373 e. The third kappa shape index (κ3) is 2.59. The summed E-state index contributed by atoms with van der Waals surface area (Å²) in [6, 6.07) is 5.34. The van der Waals surface area contributed by atoms with E-state index in [9.17, 15) is 4.79 Å². The monoisotopic (exact) mass is 269 g/mol. The first-order valence-corrected chi connectivity index (χ1v) is 5.56. The number of nitrogens with two attached hydrogens (primary N) is 1. The van der Waals surface area contributed by atoms with Crippen molar-refractivity contribution in [2.75, 3.05) is 12.8 Å². The van der Waals surface area contributed by atoms with E-state index < -0.39 is 5.97 Å². The Morgan fingerprint density at radius 3 is 2.72 bits per heavy atom. The molecule has 1 aromatic heterocycles. The van der Waals surface area contributed by atoms with Gasteiger partial charge in [0, 0.05) is 11.1 Å². The van der Waals surface area contributed by atoms with Crippen molar-refractivity contribution in [3.8, 4) is 0 Å². The normalized spacial score (nSPS) is 10.1. The van der Waals surface area contributed by atoms with Gasteiger partial charge in [0.15, 0.2) is 0 Å². The lowest BCUT2D eigenvalue weighted by Gasteiger charge is -2.01. The van der Waals surface area contributed by atoms with E-state index in [-0.39, 0.29) is 18.2 Å². The van der Waals surface area contributed by atoms with Crippen LogP contribution in [0.15, 0.2) is 22.6 Å². The van der Waals surface area contributed by atoms with Crippen LogP contribution < -0.4 is 5.73 Å². The van der Waals surface area contributed by atoms with Gasteiger partial charge in [0.1, 0.15) is 5.58 Å². The van der Waals surface area contributed by atoms with Gasteiger partial charge in [-0.3, -0.25) is 0 Å². The summed E-state index contributed by atoms with van der Waals surface area (Å²) in [6.07, 6.45) is 1.86. The smallest absolute Gasteiger partial charge is 0.373 e. The van der Waals surface area contributed by atoms with Crippen LogP contribution in [0.3, 0.4) is 0 Å². The predicted molar refractivity (Wildman–Crippen MR) is 73.2 cm³/mol. The van der Waals surface area contributed by atoms with Crippen LogP contribution in [-0.4, -0.2) is 13.1 Å². The highest BCUT2D eigenvalue weighted by Crippen LogP contribution is 2.27. The number of hydrogen-bond acceptors (Lipinski definition) is 4. The number of fused-ring (bicyclic) bond motifs is 1. The number of anilines is 1. The topological polar surface area (TPSA) is 65.5 Å². The van der Waals surface area contributed by atoms with E-state index in [2.05, 4.69) is 11.7 Å². The lowest BCUT2D eigenvalue weighted by atomic mass is 10.1. The standard InChI is InChI=1S/C13H15NO3.ClH/c1-3-4-8-5-10(14)6-9-7-11(13(15)16-2)17-12(8)9;/h5-7H,3-4,14H2,1-2H3;1H. The summed E-state index contributed by atoms with van der Waals surface area (Å²) in [7, 11) is 1.33. The highest BCUT2D eigenvalue weighted by Gasteiger charge is 2.14. The van der Waals surface area contributed by atoms with Gasteiger partial charge in [0.05, 0.1) is 7.11 Å². The first-order chi connectivity index (χ1) is 8.15. The number of furan rings is 1. The quantitative estimate of drug-likeness (QED) is 0.686. The fourth-order valence-corrected chi connectivity index (χ4v) is 1.91. The largest absolute Gasteiger partial charge is 0.463 e. The molecule has 0 saturated carbocycles. The Morgan fingerprint density at radius 1 is 1.39 bits per heavy atom. The molecule has 0 fully saturated rings. The number of esters is 1. The van der Waals surface area contributed by atoms with Crippen molar-refractivity contribution in [3.63, 3.8) is 0 Å². The fraction of sp³-hybridized carbons (Fsp3) is 0.308. The van der Waals surface area contributed by atoms with E-state index in [0.717, 1.165) is 29.4 Å². The zero-order chi connectivity index (χ0) is 12.4. The van der Waals surface area contributed by atoms with Crippen LogP contribution in [0.1, 0.15) is 29.5 Å². The third-order valence-corrected chi connectivity index (χ3v) is 2.62. The zero-order valence-corrected chi connectivity index (χ0v) is 11.2. The van der Waals surface area contributed by atoms with Crippen molar-refractivity contribution in [2.24, 2.45) is 0 Å². The van der Waals surface area contributed by atoms with E-state index in [1.807, 2.05) is 6.07 Å². The van der Waals surface area contributed by atoms with E-state index in [1.165, 1.54) is 7.11 Å². The maximum absolute atomic E-state index is 11.4. The second kappa shape index (κ2) is 5.78. The van der Waals surface area contributed by atoms with E-state index in [1.54, 1.807) is 12.1 Å². The summed E-state index contributed by atoms with van der Waals surface area (Å²) in [6.45, 7) is 2.08. The molecule has 5 heteroatoms. The fourth-order valence-electron chi connectivity index (χ4n) is 1.91. The number of ether oxygens (including phenoxy) is 1. The van der Waals surface area contributed by atoms with Crippen LogP contribution in [0.2, 0.25) is 0 Å². The Morgan fingerprint density at radius 2 is 2.11 bits per heavy atom. The Bertz CT molecular complexity index is 563. The molecule has 18 heavy (non-hydrogen) atoms. The van der Waals surface area contributed by atoms with Gasteiger partial charge in [0.25, 0.3) is 0 Å². The number of aryl methyl sites for hydroxylation is 1. The van der Waals surface area contributed by atoms with Crippen molar-refractivity contribution in [1.29, 1.82) is 0 Å². The second-order valence-corrected chi connectivity index (χ2v) is 3.95. The molecule has 0 spiro atoms. The molecule has 4 nitrogen and oxygen atoms in total. The second-order valence-electron chi connectivity index (χ2n) is 3.95. The Balaban J connectivity index is 0.00000162. The molecule has 2 N–H and O–H groups in total. The van der Waals surface area contributed by atoms with Crippen molar-refractivity contribution in [1.82, 2.24) is 0 Å². The zero-order valence-electron chi connectivity index (χ0n) is 10.4. The van der Waals surface area contributed by atoms with Gasteiger partial charge in [-0.1, -0.05) is 13.3 Å². The molecule has 0 aliphatic heterocycles. The van der Waals surface area contributed by atoms with Crippen LogP contribution >= 0.6 is 12.4 Å². The molecular weight excluding hydrogens is 254 g/mol. The summed E-state index contributed by atoms with van der Waals surface area (Å²) >= 11 is 0. The van der Waals surface area contributed by atoms with Crippen molar-refractivity contribution in [3.05, 3.63) is 29.5 Å². The number of methoxy groups -OCH3 is 1. The Hall–Kier alpha value is -1.68. The van der Waals surface area contributed by atoms with Gasteiger partial charge >= 0.3 is 5.97 Å². The van der Waals surface area contributed by atoms with Crippen molar-refractivity contribution in [2.45, 2.75) is 19.8 Å². The highest BCUT2D eigenvalue weighted by atomic mass is 35.5. The number of rotatable bonds is 3. The van der Waals surface area contributed by atoms with Gasteiger partial charge in [0.2, 0.25) is 5.76 Å². The molecule has 0 saturated heterocycles. The van der Waals surface area contributed by atoms with Crippen LogP contribution in [-0.2, 0) is 11.2 Å². The van der Waals surface area contributed by atoms with Gasteiger partial charge in [-0.2, -0.15) is 0 Å². The first kappa shape index (κ1) is 14.4. The summed E-state index contributed by atoms with van der Waals surface area (Å²) < 4.78 is 10.2. The van der Waals surface area contributed by atoms with Gasteiger partial charge in [-0.25, -0.2) is 4.79 Å². The summed E-state index contributed by atoms with van der Waals surface area (Å²) in [4.78, 5) is 11.4. The molecular formula is C13H16ClNO3. The van der Waals surface area contributed by atoms with Crippen LogP contribution in [0.25, 0.3) is 11.0 Å². The number of carbonyl (C=O) groups excluding carboxylic acids is 1. The molecule has 2 rings (SSSR count). The first-order valence-electron chi connectivity index (χ1n) is 5.56. The van der Waals surface area contributed by atoms with Crippen molar-refractivity contribution < 1.29 is 13.9 Å². The molecule has 1 aromatic carbocycles. The number of benzene rings is 1. The molecule has 1 heterocycles. The summed E-state index contributed by atoms with van der Waals surface area (Å²) in [5.74, 6) is -0.257. The maximum atomic E-state index is 11.4. The molecule has 0 aliphatic carbocycles. The number of carbonyl (C=O) groups is 1. The van der Waals surface area contributed by atoms with Crippen LogP contribution in [0, 0.1) is 0 Å². The molecule has 0 atom stereocenters. The van der Waals surface area contributed by atoms with Crippen molar-refractivity contribution >= 4 is 35.0 Å². The minimum absolute atomic E-state index is 0. The predicted octanol–water partition coefficient (Wildman–Crippen LogP) is 3.18. The summed E-state index contributed by atoms with van der Waals surface area (Å²) in [5, 5.41) is 0.842. The lowest BCUT2D eigenvalue weighted by Crippen LogP contribution is -1.98. The van der Waals surface area contributed by atoms with E-state index in [0.29, 0.717) is 5.69 Å². The van der Waals surface area contributed by atoms with E-state index in [4.69, 9.17) is 10.2 Å². The average Bonchev–Trinajstić information content (AvgIpc) is 2.72. The SMILES string of the molecule is CCCc1cc(N)cc2cc(C(=O)OC)oc12.Cl. The minimum atomic E-state index is -0.470. The minimum Gasteiger partial charge on any atom is -0.463 e. The summed E-state index contributed by atoms with van der Waals surface area (Å²) in [5.41, 5.74) is 8.24. The van der Waals surface area contributed by atoms with Gasteiger partial charge in [-0.15, -0.1) is 12.4 Å². The molecule has 0 amide bonds. The highest BCUT2D eigenvalue weighted by molar-refractivity contribution is 5.94. The molecule has 2 aromatic rings. The molecule has 0 radical (unpaired) electrons. The lowest BCUT2D eigenvalue weighted by molar-refractivity contribution is 0.0567. The van der Waals surface area contributed by atoms with Gasteiger partial charge < -0.3 is 14.9 Å². The van der Waals surface area contributed by atoms with Crippen LogP contribution in [0.4, 0.5) is 5.69 Å². The molecule has 0 aliphatic rings. The number of hydrogen-bond donors (Lipinski definition) is 1.